The Bertz CT molecular complexity index is 405. The molecule has 2 amide bonds. The van der Waals surface area contributed by atoms with E-state index in [9.17, 15) is 9.90 Å². The van der Waals surface area contributed by atoms with Gasteiger partial charge < -0.3 is 15.3 Å². The maximum absolute atomic E-state index is 12.0. The second-order valence-electron chi connectivity index (χ2n) is 4.59. The lowest BCUT2D eigenvalue weighted by atomic mass is 10.2. The molecule has 1 aliphatic rings. The molecule has 0 unspecified atom stereocenters. The van der Waals surface area contributed by atoms with Crippen LogP contribution in [0.5, 0.6) is 0 Å². The van der Waals surface area contributed by atoms with Gasteiger partial charge in [-0.2, -0.15) is 5.10 Å². The Balaban J connectivity index is 1.93. The van der Waals surface area contributed by atoms with E-state index in [1.165, 1.54) is 0 Å². The SMILES string of the molecule is CCCn1cc(NC(=O)N2CCC[C@H]2CO)cn1. The molecular formula is C12H20N4O2. The van der Waals surface area contributed by atoms with Crippen molar-refractivity contribution >= 4 is 11.7 Å². The quantitative estimate of drug-likeness (QED) is 0.848. The van der Waals surface area contributed by atoms with Gasteiger partial charge in [-0.3, -0.25) is 4.68 Å². The number of likely N-dealkylation sites (tertiary alicyclic amines) is 1. The number of aliphatic hydroxyl groups is 1. The summed E-state index contributed by atoms with van der Waals surface area (Å²) in [4.78, 5) is 13.7. The van der Waals surface area contributed by atoms with Gasteiger partial charge in [0.15, 0.2) is 0 Å². The van der Waals surface area contributed by atoms with Crippen LogP contribution in [0.1, 0.15) is 26.2 Å². The van der Waals surface area contributed by atoms with Crippen LogP contribution in [0.3, 0.4) is 0 Å². The fraction of sp³-hybridized carbons (Fsp3) is 0.667. The number of amides is 2. The van der Waals surface area contributed by atoms with E-state index < -0.39 is 0 Å². The van der Waals surface area contributed by atoms with Gasteiger partial charge in [0, 0.05) is 19.3 Å². The lowest BCUT2D eigenvalue weighted by Crippen LogP contribution is -2.40. The van der Waals surface area contributed by atoms with E-state index in [1.54, 1.807) is 11.1 Å². The summed E-state index contributed by atoms with van der Waals surface area (Å²) in [5.74, 6) is 0. The van der Waals surface area contributed by atoms with Gasteiger partial charge in [0.05, 0.1) is 24.5 Å². The van der Waals surface area contributed by atoms with Gasteiger partial charge in [0.25, 0.3) is 0 Å². The van der Waals surface area contributed by atoms with Gasteiger partial charge in [-0.15, -0.1) is 0 Å². The zero-order valence-electron chi connectivity index (χ0n) is 10.7. The number of urea groups is 1. The molecule has 2 N–H and O–H groups in total. The number of aliphatic hydroxyl groups excluding tert-OH is 1. The lowest BCUT2D eigenvalue weighted by molar-refractivity contribution is 0.166. The largest absolute Gasteiger partial charge is 0.394 e. The molecule has 0 bridgehead atoms. The zero-order chi connectivity index (χ0) is 13.0. The molecule has 6 nitrogen and oxygen atoms in total. The van der Waals surface area contributed by atoms with Gasteiger partial charge in [-0.1, -0.05) is 6.92 Å². The smallest absolute Gasteiger partial charge is 0.322 e. The molecule has 0 aromatic carbocycles. The van der Waals surface area contributed by atoms with Crippen LogP contribution in [-0.4, -0.2) is 45.0 Å². The van der Waals surface area contributed by atoms with Crippen molar-refractivity contribution in [2.75, 3.05) is 18.5 Å². The third-order valence-corrected chi connectivity index (χ3v) is 3.19. The topological polar surface area (TPSA) is 70.4 Å². The first kappa shape index (κ1) is 12.9. The number of carbonyl (C=O) groups is 1. The Morgan fingerprint density at radius 2 is 2.50 bits per heavy atom. The first-order valence-corrected chi connectivity index (χ1v) is 6.45. The van der Waals surface area contributed by atoms with Crippen LogP contribution in [0.25, 0.3) is 0 Å². The summed E-state index contributed by atoms with van der Waals surface area (Å²) in [5.41, 5.74) is 0.706. The van der Waals surface area contributed by atoms with Crippen LogP contribution in [0.4, 0.5) is 10.5 Å². The second-order valence-corrected chi connectivity index (χ2v) is 4.59. The highest BCUT2D eigenvalue weighted by molar-refractivity contribution is 5.89. The highest BCUT2D eigenvalue weighted by Crippen LogP contribution is 2.18. The van der Waals surface area contributed by atoms with Crippen molar-refractivity contribution in [2.24, 2.45) is 0 Å². The first-order valence-electron chi connectivity index (χ1n) is 6.45. The van der Waals surface area contributed by atoms with Crippen LogP contribution in [0, 0.1) is 0 Å². The van der Waals surface area contributed by atoms with Gasteiger partial charge in [0.2, 0.25) is 0 Å². The standard InChI is InChI=1S/C12H20N4O2/c1-2-5-15-8-10(7-13-15)14-12(18)16-6-3-4-11(16)9-17/h7-8,11,17H,2-6,9H2,1H3,(H,14,18)/t11-/m0/s1. The molecule has 1 saturated heterocycles. The van der Waals surface area contributed by atoms with E-state index >= 15 is 0 Å². The second kappa shape index (κ2) is 5.86. The van der Waals surface area contributed by atoms with Crippen molar-refractivity contribution in [1.82, 2.24) is 14.7 Å². The van der Waals surface area contributed by atoms with E-state index in [0.29, 0.717) is 12.2 Å². The summed E-state index contributed by atoms with van der Waals surface area (Å²) in [6.07, 6.45) is 6.31. The predicted octanol–water partition coefficient (Wildman–Crippen LogP) is 1.28. The first-order chi connectivity index (χ1) is 8.74. The number of carbonyl (C=O) groups excluding carboxylic acids is 1. The number of aryl methyl sites for hydroxylation is 1. The normalized spacial score (nSPS) is 19.2. The number of rotatable bonds is 4. The Morgan fingerprint density at radius 3 is 3.22 bits per heavy atom. The highest BCUT2D eigenvalue weighted by atomic mass is 16.3. The minimum atomic E-state index is -0.150. The number of aromatic nitrogens is 2. The fourth-order valence-corrected chi connectivity index (χ4v) is 2.27. The zero-order valence-corrected chi connectivity index (χ0v) is 10.7. The van der Waals surface area contributed by atoms with E-state index in [0.717, 1.165) is 25.8 Å². The lowest BCUT2D eigenvalue weighted by Gasteiger charge is -2.22. The summed E-state index contributed by atoms with van der Waals surface area (Å²) in [5, 5.41) is 16.2. The van der Waals surface area contributed by atoms with Gasteiger partial charge in [-0.25, -0.2) is 4.79 Å². The molecule has 1 aromatic rings. The summed E-state index contributed by atoms with van der Waals surface area (Å²) in [7, 11) is 0. The Morgan fingerprint density at radius 1 is 1.67 bits per heavy atom. The third kappa shape index (κ3) is 2.81. The molecular weight excluding hydrogens is 232 g/mol. The van der Waals surface area contributed by atoms with Crippen molar-refractivity contribution in [3.63, 3.8) is 0 Å². The number of anilines is 1. The average molecular weight is 252 g/mol. The molecule has 0 radical (unpaired) electrons. The molecule has 18 heavy (non-hydrogen) atoms. The summed E-state index contributed by atoms with van der Waals surface area (Å²) >= 11 is 0. The molecule has 2 rings (SSSR count). The highest BCUT2D eigenvalue weighted by Gasteiger charge is 2.28. The maximum atomic E-state index is 12.0. The molecule has 1 fully saturated rings. The molecule has 1 aromatic heterocycles. The number of hydrogen-bond acceptors (Lipinski definition) is 3. The van der Waals surface area contributed by atoms with Crippen molar-refractivity contribution in [1.29, 1.82) is 0 Å². The minimum absolute atomic E-state index is 0.0303. The van der Waals surface area contributed by atoms with Crippen molar-refractivity contribution in [3.8, 4) is 0 Å². The number of nitrogens with one attached hydrogen (secondary N) is 1. The van der Waals surface area contributed by atoms with Crippen molar-refractivity contribution in [3.05, 3.63) is 12.4 Å². The van der Waals surface area contributed by atoms with Crippen molar-refractivity contribution < 1.29 is 9.90 Å². The average Bonchev–Trinajstić information content (AvgIpc) is 2.98. The summed E-state index contributed by atoms with van der Waals surface area (Å²) < 4.78 is 1.81. The summed E-state index contributed by atoms with van der Waals surface area (Å²) in [6, 6.07) is -0.196. The monoisotopic (exact) mass is 252 g/mol. The van der Waals surface area contributed by atoms with Gasteiger partial charge >= 0.3 is 6.03 Å². The molecule has 100 valence electrons. The van der Waals surface area contributed by atoms with Crippen LogP contribution >= 0.6 is 0 Å². The van der Waals surface area contributed by atoms with E-state index in [4.69, 9.17) is 0 Å². The Labute approximate surface area is 107 Å². The number of nitrogens with zero attached hydrogens (tertiary/aromatic N) is 3. The van der Waals surface area contributed by atoms with E-state index in [1.807, 2.05) is 10.9 Å². The molecule has 2 heterocycles. The molecule has 6 heteroatoms. The van der Waals surface area contributed by atoms with Crippen LogP contribution in [0.2, 0.25) is 0 Å². The molecule has 0 aliphatic carbocycles. The van der Waals surface area contributed by atoms with Gasteiger partial charge in [0.1, 0.15) is 0 Å². The van der Waals surface area contributed by atoms with Crippen LogP contribution < -0.4 is 5.32 Å². The van der Waals surface area contributed by atoms with Gasteiger partial charge in [-0.05, 0) is 19.3 Å². The third-order valence-electron chi connectivity index (χ3n) is 3.19. The molecule has 1 atom stereocenters. The van der Waals surface area contributed by atoms with Crippen molar-refractivity contribution in [2.45, 2.75) is 38.8 Å². The Kier molecular flexibility index (Phi) is 4.19. The minimum Gasteiger partial charge on any atom is -0.394 e. The number of hydrogen-bond donors (Lipinski definition) is 2. The summed E-state index contributed by atoms with van der Waals surface area (Å²) in [6.45, 7) is 3.66. The maximum Gasteiger partial charge on any atom is 0.322 e. The molecule has 1 aliphatic heterocycles. The van der Waals surface area contributed by atoms with E-state index in [-0.39, 0.29) is 18.7 Å². The molecule has 0 saturated carbocycles. The van der Waals surface area contributed by atoms with Crippen LogP contribution in [-0.2, 0) is 6.54 Å². The molecule has 0 spiro atoms. The van der Waals surface area contributed by atoms with Crippen LogP contribution in [0.15, 0.2) is 12.4 Å². The fourth-order valence-electron chi connectivity index (χ4n) is 2.27. The predicted molar refractivity (Wildman–Crippen MR) is 68.4 cm³/mol. The van der Waals surface area contributed by atoms with E-state index in [2.05, 4.69) is 17.3 Å². The Hall–Kier alpha value is -1.56.